The van der Waals surface area contributed by atoms with E-state index >= 15 is 0 Å². The molecular weight excluding hydrogens is 446 g/mol. The summed E-state index contributed by atoms with van der Waals surface area (Å²) in [6, 6.07) is 24.1. The van der Waals surface area contributed by atoms with Crippen LogP contribution < -0.4 is 10.2 Å². The molecule has 7 heteroatoms. The van der Waals surface area contributed by atoms with E-state index in [9.17, 15) is 9.59 Å². The topological polar surface area (TPSA) is 71.5 Å². The predicted molar refractivity (Wildman–Crippen MR) is 137 cm³/mol. The SMILES string of the molecule is CCOC(=O)c1ccc(N(Cc2ccncc2)C(=S)NC(=O)c2ccc3ccccc3c2)cc1. The van der Waals surface area contributed by atoms with Crippen LogP contribution in [0.15, 0.2) is 91.3 Å². The second kappa shape index (κ2) is 10.7. The van der Waals surface area contributed by atoms with Gasteiger partial charge < -0.3 is 9.64 Å². The summed E-state index contributed by atoms with van der Waals surface area (Å²) in [6.07, 6.45) is 3.40. The Morgan fingerprint density at radius 1 is 0.912 bits per heavy atom. The molecule has 0 saturated heterocycles. The fourth-order valence-electron chi connectivity index (χ4n) is 3.51. The Morgan fingerprint density at radius 2 is 1.59 bits per heavy atom. The van der Waals surface area contributed by atoms with Gasteiger partial charge in [-0.15, -0.1) is 0 Å². The number of benzene rings is 3. The number of anilines is 1. The molecule has 1 aromatic heterocycles. The van der Waals surface area contributed by atoms with Crippen molar-refractivity contribution in [1.29, 1.82) is 0 Å². The molecule has 0 bridgehead atoms. The highest BCUT2D eigenvalue weighted by atomic mass is 32.1. The largest absolute Gasteiger partial charge is 0.462 e. The van der Waals surface area contributed by atoms with Gasteiger partial charge in [0.05, 0.1) is 18.7 Å². The van der Waals surface area contributed by atoms with E-state index in [1.165, 1.54) is 0 Å². The van der Waals surface area contributed by atoms with E-state index < -0.39 is 0 Å². The van der Waals surface area contributed by atoms with Crippen LogP contribution in [0.5, 0.6) is 0 Å². The number of esters is 1. The molecule has 0 spiro atoms. The Bertz CT molecular complexity index is 1320. The number of ether oxygens (including phenoxy) is 1. The Kier molecular flexibility index (Phi) is 7.25. The van der Waals surface area contributed by atoms with Crippen molar-refractivity contribution in [2.75, 3.05) is 11.5 Å². The molecule has 0 aliphatic rings. The molecule has 4 aromatic rings. The zero-order valence-electron chi connectivity index (χ0n) is 18.6. The highest BCUT2D eigenvalue weighted by Gasteiger charge is 2.18. The lowest BCUT2D eigenvalue weighted by atomic mass is 10.1. The lowest BCUT2D eigenvalue weighted by Crippen LogP contribution is -2.42. The lowest BCUT2D eigenvalue weighted by Gasteiger charge is -2.26. The van der Waals surface area contributed by atoms with Crippen LogP contribution in [0.1, 0.15) is 33.2 Å². The number of hydrogen-bond acceptors (Lipinski definition) is 5. The van der Waals surface area contributed by atoms with Gasteiger partial charge in [0, 0.05) is 23.6 Å². The highest BCUT2D eigenvalue weighted by molar-refractivity contribution is 7.80. The van der Waals surface area contributed by atoms with Crippen LogP contribution in [0.25, 0.3) is 10.8 Å². The molecule has 1 N–H and O–H groups in total. The number of amides is 1. The number of carbonyl (C=O) groups excluding carboxylic acids is 2. The van der Waals surface area contributed by atoms with Crippen molar-refractivity contribution in [3.63, 3.8) is 0 Å². The van der Waals surface area contributed by atoms with Gasteiger partial charge in [-0.1, -0.05) is 30.3 Å². The van der Waals surface area contributed by atoms with E-state index in [0.717, 1.165) is 22.0 Å². The quantitative estimate of drug-likeness (QED) is 0.312. The van der Waals surface area contributed by atoms with Crippen LogP contribution in [-0.4, -0.2) is 28.6 Å². The van der Waals surface area contributed by atoms with Crippen LogP contribution in [0.2, 0.25) is 0 Å². The fraction of sp³-hybridized carbons (Fsp3) is 0.111. The first-order chi connectivity index (χ1) is 16.5. The number of nitrogens with one attached hydrogen (secondary N) is 1. The molecule has 4 rings (SSSR count). The Balaban J connectivity index is 1.58. The molecule has 34 heavy (non-hydrogen) atoms. The van der Waals surface area contributed by atoms with E-state index in [0.29, 0.717) is 24.3 Å². The number of rotatable bonds is 6. The first kappa shape index (κ1) is 23.1. The summed E-state index contributed by atoms with van der Waals surface area (Å²) < 4.78 is 5.06. The molecule has 6 nitrogen and oxygen atoms in total. The first-order valence-corrected chi connectivity index (χ1v) is 11.2. The molecule has 0 atom stereocenters. The van der Waals surface area contributed by atoms with E-state index in [1.807, 2.05) is 48.5 Å². The number of nitrogens with zero attached hydrogens (tertiary/aromatic N) is 2. The van der Waals surface area contributed by atoms with Crippen LogP contribution in [0, 0.1) is 0 Å². The molecule has 0 fully saturated rings. The molecule has 0 unspecified atom stereocenters. The highest BCUT2D eigenvalue weighted by Crippen LogP contribution is 2.20. The maximum absolute atomic E-state index is 13.0. The van der Waals surface area contributed by atoms with Crippen LogP contribution in [0.3, 0.4) is 0 Å². The summed E-state index contributed by atoms with van der Waals surface area (Å²) in [5.74, 6) is -0.680. The predicted octanol–water partition coefficient (Wildman–Crippen LogP) is 5.13. The summed E-state index contributed by atoms with van der Waals surface area (Å²) >= 11 is 5.64. The molecule has 0 radical (unpaired) electrons. The van der Waals surface area contributed by atoms with Crippen LogP contribution in [-0.2, 0) is 11.3 Å². The minimum atomic E-state index is -0.387. The second-order valence-electron chi connectivity index (χ2n) is 7.53. The van der Waals surface area contributed by atoms with Gasteiger partial charge in [0.15, 0.2) is 5.11 Å². The Morgan fingerprint density at radius 3 is 2.29 bits per heavy atom. The standard InChI is InChI=1S/C27H23N3O3S/c1-2-33-26(32)21-9-11-24(12-10-21)30(18-19-13-15-28-16-14-19)27(34)29-25(31)23-8-7-20-5-3-4-6-22(20)17-23/h3-17H,2,18H2,1H3,(H,29,31,34). The van der Waals surface area contributed by atoms with Gasteiger partial charge in [-0.05, 0) is 84.0 Å². The average Bonchev–Trinajstić information content (AvgIpc) is 2.87. The minimum Gasteiger partial charge on any atom is -0.462 e. The summed E-state index contributed by atoms with van der Waals surface area (Å²) in [7, 11) is 0. The normalized spacial score (nSPS) is 10.5. The monoisotopic (exact) mass is 469 g/mol. The van der Waals surface area contributed by atoms with Crippen LogP contribution in [0.4, 0.5) is 5.69 Å². The second-order valence-corrected chi connectivity index (χ2v) is 7.92. The van der Waals surface area contributed by atoms with Crippen molar-refractivity contribution >= 4 is 45.7 Å². The molecule has 0 saturated carbocycles. The molecule has 1 amide bonds. The van der Waals surface area contributed by atoms with E-state index in [1.54, 1.807) is 54.5 Å². The molecule has 1 heterocycles. The zero-order valence-corrected chi connectivity index (χ0v) is 19.4. The molecule has 0 aliphatic carbocycles. The van der Waals surface area contributed by atoms with Crippen molar-refractivity contribution in [1.82, 2.24) is 10.3 Å². The van der Waals surface area contributed by atoms with E-state index in [-0.39, 0.29) is 17.0 Å². The molecule has 170 valence electrons. The molecule has 3 aromatic carbocycles. The third-order valence-electron chi connectivity index (χ3n) is 5.26. The van der Waals surface area contributed by atoms with Crippen LogP contribution >= 0.6 is 12.2 Å². The number of thiocarbonyl (C=S) groups is 1. The van der Waals surface area contributed by atoms with E-state index in [4.69, 9.17) is 17.0 Å². The minimum absolute atomic E-state index is 0.249. The van der Waals surface area contributed by atoms with Crippen molar-refractivity contribution in [2.45, 2.75) is 13.5 Å². The summed E-state index contributed by atoms with van der Waals surface area (Å²) in [4.78, 5) is 30.9. The maximum Gasteiger partial charge on any atom is 0.338 e. The zero-order chi connectivity index (χ0) is 23.9. The molecular formula is C27H23N3O3S. The van der Waals surface area contributed by atoms with E-state index in [2.05, 4.69) is 10.3 Å². The number of hydrogen-bond donors (Lipinski definition) is 1. The Labute approximate surface area is 203 Å². The van der Waals surface area contributed by atoms with Gasteiger partial charge >= 0.3 is 5.97 Å². The van der Waals surface area contributed by atoms with Gasteiger partial charge in [0.25, 0.3) is 5.91 Å². The summed E-state index contributed by atoms with van der Waals surface area (Å²) in [5, 5.41) is 5.13. The number of fused-ring (bicyclic) bond motifs is 1. The fourth-order valence-corrected chi connectivity index (χ4v) is 3.77. The number of pyridine rings is 1. The summed E-state index contributed by atoms with van der Waals surface area (Å²) in [5.41, 5.74) is 2.66. The third kappa shape index (κ3) is 5.44. The Hall–Kier alpha value is -4.10. The van der Waals surface area contributed by atoms with Gasteiger partial charge in [-0.2, -0.15) is 0 Å². The maximum atomic E-state index is 13.0. The van der Waals surface area contributed by atoms with Gasteiger partial charge in [-0.25, -0.2) is 4.79 Å². The van der Waals surface area contributed by atoms with Gasteiger partial charge in [0.1, 0.15) is 0 Å². The first-order valence-electron chi connectivity index (χ1n) is 10.8. The van der Waals surface area contributed by atoms with Crippen molar-refractivity contribution in [2.24, 2.45) is 0 Å². The number of carbonyl (C=O) groups is 2. The smallest absolute Gasteiger partial charge is 0.338 e. The molecule has 0 aliphatic heterocycles. The van der Waals surface area contributed by atoms with Crippen molar-refractivity contribution in [3.8, 4) is 0 Å². The van der Waals surface area contributed by atoms with Crippen molar-refractivity contribution < 1.29 is 14.3 Å². The van der Waals surface area contributed by atoms with Gasteiger partial charge in [-0.3, -0.25) is 15.1 Å². The number of aromatic nitrogens is 1. The third-order valence-corrected chi connectivity index (χ3v) is 5.58. The lowest BCUT2D eigenvalue weighted by molar-refractivity contribution is 0.0526. The van der Waals surface area contributed by atoms with Gasteiger partial charge in [0.2, 0.25) is 0 Å². The average molecular weight is 470 g/mol. The summed E-state index contributed by atoms with van der Waals surface area (Å²) in [6.45, 7) is 2.48. The van der Waals surface area contributed by atoms with Crippen molar-refractivity contribution in [3.05, 3.63) is 108 Å².